The second-order valence-corrected chi connectivity index (χ2v) is 4.97. The predicted octanol–water partition coefficient (Wildman–Crippen LogP) is 3.84. The molecule has 2 aromatic carbocycles. The average Bonchev–Trinajstić information content (AvgIpc) is 2.48. The van der Waals surface area contributed by atoms with Crippen molar-refractivity contribution in [2.45, 2.75) is 20.4 Å². The first-order chi connectivity index (χ1) is 10.0. The minimum absolute atomic E-state index is 0.0662. The van der Waals surface area contributed by atoms with Gasteiger partial charge >= 0.3 is 5.97 Å². The summed E-state index contributed by atoms with van der Waals surface area (Å²) in [4.78, 5) is 11.5. The second-order valence-electron chi connectivity index (χ2n) is 4.97. The molecular weight excluding hydrogens is 269 g/mol. The standard InChI is InChI=1S/C17H18FNO2/c1-11-4-5-12(2)13(8-11)10-19-14-6-7-16(18)15(9-14)17(20)21-3/h4-9,19H,10H2,1-3H3. The lowest BCUT2D eigenvalue weighted by molar-refractivity contribution is 0.0595. The maximum absolute atomic E-state index is 13.6. The number of hydrogen-bond donors (Lipinski definition) is 1. The smallest absolute Gasteiger partial charge is 0.340 e. The minimum atomic E-state index is -0.678. The molecule has 4 heteroatoms. The van der Waals surface area contributed by atoms with Crippen molar-refractivity contribution in [3.8, 4) is 0 Å². The Morgan fingerprint density at radius 3 is 2.67 bits per heavy atom. The van der Waals surface area contributed by atoms with Crippen LogP contribution in [0, 0.1) is 19.7 Å². The van der Waals surface area contributed by atoms with E-state index in [9.17, 15) is 9.18 Å². The van der Waals surface area contributed by atoms with Crippen molar-refractivity contribution in [1.82, 2.24) is 0 Å². The molecule has 0 aliphatic heterocycles. The summed E-state index contributed by atoms with van der Waals surface area (Å²) in [7, 11) is 1.23. The number of esters is 1. The molecule has 21 heavy (non-hydrogen) atoms. The lowest BCUT2D eigenvalue weighted by Crippen LogP contribution is -2.07. The molecule has 0 aromatic heterocycles. The SMILES string of the molecule is COC(=O)c1cc(NCc2cc(C)ccc2C)ccc1F. The first kappa shape index (κ1) is 15.0. The summed E-state index contributed by atoms with van der Waals surface area (Å²) in [6, 6.07) is 10.6. The molecule has 2 rings (SSSR count). The highest BCUT2D eigenvalue weighted by Gasteiger charge is 2.12. The van der Waals surface area contributed by atoms with Crippen LogP contribution in [0.5, 0.6) is 0 Å². The number of hydrogen-bond acceptors (Lipinski definition) is 3. The summed E-state index contributed by atoms with van der Waals surface area (Å²) in [5, 5.41) is 3.20. The number of benzene rings is 2. The lowest BCUT2D eigenvalue weighted by Gasteiger charge is -2.11. The minimum Gasteiger partial charge on any atom is -0.465 e. The Morgan fingerprint density at radius 1 is 1.19 bits per heavy atom. The van der Waals surface area contributed by atoms with E-state index in [0.29, 0.717) is 12.2 Å². The van der Waals surface area contributed by atoms with Gasteiger partial charge in [0, 0.05) is 12.2 Å². The third-order valence-corrected chi connectivity index (χ3v) is 3.36. The van der Waals surface area contributed by atoms with E-state index in [1.807, 2.05) is 13.8 Å². The maximum atomic E-state index is 13.6. The van der Waals surface area contributed by atoms with Crippen molar-refractivity contribution >= 4 is 11.7 Å². The van der Waals surface area contributed by atoms with Crippen molar-refractivity contribution in [3.05, 3.63) is 64.5 Å². The van der Waals surface area contributed by atoms with Gasteiger partial charge in [0.25, 0.3) is 0 Å². The van der Waals surface area contributed by atoms with Crippen LogP contribution in [0.25, 0.3) is 0 Å². The van der Waals surface area contributed by atoms with E-state index in [-0.39, 0.29) is 5.56 Å². The first-order valence-corrected chi connectivity index (χ1v) is 6.69. The first-order valence-electron chi connectivity index (χ1n) is 6.69. The Balaban J connectivity index is 2.17. The van der Waals surface area contributed by atoms with Gasteiger partial charge in [-0.2, -0.15) is 0 Å². The van der Waals surface area contributed by atoms with E-state index in [0.717, 1.165) is 0 Å². The van der Waals surface area contributed by atoms with E-state index in [4.69, 9.17) is 0 Å². The molecule has 0 heterocycles. The Bertz CT molecular complexity index is 668. The van der Waals surface area contributed by atoms with Gasteiger partial charge in [0.1, 0.15) is 5.82 Å². The molecular formula is C17H18FNO2. The Kier molecular flexibility index (Phi) is 4.58. The van der Waals surface area contributed by atoms with E-state index in [2.05, 4.69) is 28.3 Å². The van der Waals surface area contributed by atoms with Crippen LogP contribution in [-0.2, 0) is 11.3 Å². The average molecular weight is 287 g/mol. The van der Waals surface area contributed by atoms with Gasteiger partial charge in [0.15, 0.2) is 0 Å². The molecule has 0 radical (unpaired) electrons. The molecule has 3 nitrogen and oxygen atoms in total. The lowest BCUT2D eigenvalue weighted by atomic mass is 10.1. The van der Waals surface area contributed by atoms with Crippen LogP contribution in [0.3, 0.4) is 0 Å². The summed E-state index contributed by atoms with van der Waals surface area (Å²) < 4.78 is 18.1. The number of rotatable bonds is 4. The molecule has 0 atom stereocenters. The number of aryl methyl sites for hydroxylation is 2. The second kappa shape index (κ2) is 6.39. The largest absolute Gasteiger partial charge is 0.465 e. The molecule has 110 valence electrons. The molecule has 0 bridgehead atoms. The predicted molar refractivity (Wildman–Crippen MR) is 81.0 cm³/mol. The molecule has 0 saturated heterocycles. The van der Waals surface area contributed by atoms with Crippen LogP contribution in [-0.4, -0.2) is 13.1 Å². The molecule has 0 fully saturated rings. The molecule has 0 spiro atoms. The van der Waals surface area contributed by atoms with E-state index >= 15 is 0 Å². The van der Waals surface area contributed by atoms with Gasteiger partial charge in [0.2, 0.25) is 0 Å². The van der Waals surface area contributed by atoms with Crippen molar-refractivity contribution in [1.29, 1.82) is 0 Å². The number of ether oxygens (including phenoxy) is 1. The van der Waals surface area contributed by atoms with E-state index < -0.39 is 11.8 Å². The maximum Gasteiger partial charge on any atom is 0.340 e. The van der Waals surface area contributed by atoms with Crippen LogP contribution >= 0.6 is 0 Å². The van der Waals surface area contributed by atoms with Gasteiger partial charge in [-0.15, -0.1) is 0 Å². The van der Waals surface area contributed by atoms with Crippen molar-refractivity contribution in [3.63, 3.8) is 0 Å². The summed E-state index contributed by atoms with van der Waals surface area (Å²) in [5.41, 5.74) is 4.15. The Hall–Kier alpha value is -2.36. The zero-order valence-corrected chi connectivity index (χ0v) is 12.4. The van der Waals surface area contributed by atoms with Gasteiger partial charge in [0.05, 0.1) is 12.7 Å². The van der Waals surface area contributed by atoms with Crippen LogP contribution in [0.2, 0.25) is 0 Å². The van der Waals surface area contributed by atoms with Crippen LogP contribution in [0.15, 0.2) is 36.4 Å². The molecule has 0 saturated carbocycles. The summed E-state index contributed by atoms with van der Waals surface area (Å²) in [5.74, 6) is -1.26. The number of nitrogens with one attached hydrogen (secondary N) is 1. The van der Waals surface area contributed by atoms with Crippen molar-refractivity contribution in [2.75, 3.05) is 12.4 Å². The van der Waals surface area contributed by atoms with Crippen molar-refractivity contribution < 1.29 is 13.9 Å². The van der Waals surface area contributed by atoms with Gasteiger partial charge in [-0.3, -0.25) is 0 Å². The zero-order chi connectivity index (χ0) is 15.4. The number of halogens is 1. The fourth-order valence-electron chi connectivity index (χ4n) is 2.09. The quantitative estimate of drug-likeness (QED) is 0.868. The van der Waals surface area contributed by atoms with Gasteiger partial charge in [-0.1, -0.05) is 23.8 Å². The number of methoxy groups -OCH3 is 1. The fourth-order valence-corrected chi connectivity index (χ4v) is 2.09. The van der Waals surface area contributed by atoms with Crippen molar-refractivity contribution in [2.24, 2.45) is 0 Å². The monoisotopic (exact) mass is 287 g/mol. The van der Waals surface area contributed by atoms with Gasteiger partial charge in [-0.25, -0.2) is 9.18 Å². The number of carbonyl (C=O) groups is 1. The molecule has 0 unspecified atom stereocenters. The van der Waals surface area contributed by atoms with E-state index in [1.54, 1.807) is 6.07 Å². The molecule has 0 amide bonds. The number of anilines is 1. The molecule has 2 aromatic rings. The summed E-state index contributed by atoms with van der Waals surface area (Å²) in [6.07, 6.45) is 0. The number of carbonyl (C=O) groups excluding carboxylic acids is 1. The third-order valence-electron chi connectivity index (χ3n) is 3.36. The van der Waals surface area contributed by atoms with Gasteiger partial charge in [-0.05, 0) is 43.2 Å². The van der Waals surface area contributed by atoms with Crippen LogP contribution < -0.4 is 5.32 Å². The van der Waals surface area contributed by atoms with E-state index in [1.165, 1.54) is 35.9 Å². The normalized spacial score (nSPS) is 10.3. The highest BCUT2D eigenvalue weighted by molar-refractivity contribution is 5.90. The third kappa shape index (κ3) is 3.60. The Labute approximate surface area is 123 Å². The molecule has 0 aliphatic carbocycles. The fraction of sp³-hybridized carbons (Fsp3) is 0.235. The topological polar surface area (TPSA) is 38.3 Å². The Morgan fingerprint density at radius 2 is 1.95 bits per heavy atom. The summed E-state index contributed by atoms with van der Waals surface area (Å²) in [6.45, 7) is 4.69. The summed E-state index contributed by atoms with van der Waals surface area (Å²) >= 11 is 0. The van der Waals surface area contributed by atoms with Gasteiger partial charge < -0.3 is 10.1 Å². The molecule has 1 N–H and O–H groups in total. The molecule has 0 aliphatic rings. The highest BCUT2D eigenvalue weighted by Crippen LogP contribution is 2.18. The van der Waals surface area contributed by atoms with Crippen LogP contribution in [0.4, 0.5) is 10.1 Å². The zero-order valence-electron chi connectivity index (χ0n) is 12.4. The highest BCUT2D eigenvalue weighted by atomic mass is 19.1. The van der Waals surface area contributed by atoms with Crippen LogP contribution in [0.1, 0.15) is 27.0 Å².